The monoisotopic (exact) mass is 393 g/mol. The number of nitrogens with one attached hydrogen (secondary N) is 2. The van der Waals surface area contributed by atoms with E-state index in [0.29, 0.717) is 17.0 Å². The van der Waals surface area contributed by atoms with E-state index < -0.39 is 0 Å². The van der Waals surface area contributed by atoms with Crippen LogP contribution < -0.4 is 20.3 Å². The fraction of sp³-hybridized carbons (Fsp3) is 0.391. The Balaban J connectivity index is 1.46. The molecule has 29 heavy (non-hydrogen) atoms. The molecule has 0 atom stereocenters. The van der Waals surface area contributed by atoms with Crippen LogP contribution in [-0.2, 0) is 4.79 Å². The van der Waals surface area contributed by atoms with Gasteiger partial charge in [-0.15, -0.1) is 0 Å². The van der Waals surface area contributed by atoms with Crippen molar-refractivity contribution in [1.82, 2.24) is 5.32 Å². The summed E-state index contributed by atoms with van der Waals surface area (Å²) in [6, 6.07) is 15.1. The molecule has 0 aromatic heterocycles. The Morgan fingerprint density at radius 3 is 2.48 bits per heavy atom. The minimum absolute atomic E-state index is 0.0651. The molecule has 6 nitrogen and oxygen atoms in total. The van der Waals surface area contributed by atoms with Gasteiger partial charge < -0.3 is 20.3 Å². The first kappa shape index (κ1) is 19.3. The first-order chi connectivity index (χ1) is 14.2. The summed E-state index contributed by atoms with van der Waals surface area (Å²) in [6.45, 7) is 1.84. The number of nitrogens with zero attached hydrogens (tertiary/aromatic N) is 1. The molecule has 2 aromatic rings. The number of amides is 2. The van der Waals surface area contributed by atoms with Crippen LogP contribution in [0, 0.1) is 0 Å². The number of carbonyl (C=O) groups is 2. The Bertz CT molecular complexity index is 859. The van der Waals surface area contributed by atoms with Crippen molar-refractivity contribution in [1.29, 1.82) is 0 Å². The molecule has 0 spiro atoms. The van der Waals surface area contributed by atoms with Gasteiger partial charge in [0.25, 0.3) is 11.8 Å². The number of ether oxygens (including phenoxy) is 1. The van der Waals surface area contributed by atoms with Crippen molar-refractivity contribution in [2.75, 3.05) is 29.9 Å². The highest BCUT2D eigenvalue weighted by atomic mass is 16.5. The molecule has 0 bridgehead atoms. The van der Waals surface area contributed by atoms with Crippen LogP contribution in [0.2, 0.25) is 0 Å². The van der Waals surface area contributed by atoms with Gasteiger partial charge in [0.05, 0.1) is 5.56 Å². The van der Waals surface area contributed by atoms with Gasteiger partial charge in [-0.1, -0.05) is 18.2 Å². The molecule has 2 aliphatic rings. The Morgan fingerprint density at radius 1 is 1.00 bits per heavy atom. The first-order valence-corrected chi connectivity index (χ1v) is 10.4. The van der Waals surface area contributed by atoms with E-state index in [9.17, 15) is 9.59 Å². The van der Waals surface area contributed by atoms with Crippen molar-refractivity contribution in [3.63, 3.8) is 0 Å². The molecule has 1 saturated carbocycles. The lowest BCUT2D eigenvalue weighted by molar-refractivity contribution is -0.118. The number of carbonyl (C=O) groups excluding carboxylic acids is 2. The summed E-state index contributed by atoms with van der Waals surface area (Å²) in [6.07, 6.45) is 5.59. The molecule has 4 rings (SSSR count). The third-order valence-corrected chi connectivity index (χ3v) is 5.25. The van der Waals surface area contributed by atoms with Crippen LogP contribution >= 0.6 is 0 Å². The number of rotatable bonds is 7. The number of para-hydroxylation sites is 1. The third kappa shape index (κ3) is 5.28. The van der Waals surface area contributed by atoms with Crippen molar-refractivity contribution < 1.29 is 14.3 Å². The minimum atomic E-state index is -0.256. The van der Waals surface area contributed by atoms with Crippen LogP contribution in [0.3, 0.4) is 0 Å². The Morgan fingerprint density at radius 2 is 1.76 bits per heavy atom. The largest absolute Gasteiger partial charge is 0.484 e. The fourth-order valence-electron chi connectivity index (χ4n) is 3.56. The molecule has 1 aliphatic carbocycles. The summed E-state index contributed by atoms with van der Waals surface area (Å²) < 4.78 is 5.50. The van der Waals surface area contributed by atoms with Crippen LogP contribution in [0.5, 0.6) is 5.75 Å². The molecule has 0 unspecified atom stereocenters. The van der Waals surface area contributed by atoms with Gasteiger partial charge in [-0.25, -0.2) is 0 Å². The number of benzene rings is 2. The molecule has 152 valence electrons. The molecule has 2 aromatic carbocycles. The zero-order valence-electron chi connectivity index (χ0n) is 16.5. The smallest absolute Gasteiger partial charge is 0.262 e. The van der Waals surface area contributed by atoms with Gasteiger partial charge in [0.15, 0.2) is 6.61 Å². The second-order valence-corrected chi connectivity index (χ2v) is 7.68. The van der Waals surface area contributed by atoms with Gasteiger partial charge in [-0.3, -0.25) is 9.59 Å². The second kappa shape index (κ2) is 8.99. The summed E-state index contributed by atoms with van der Waals surface area (Å²) in [7, 11) is 0. The van der Waals surface area contributed by atoms with Crippen molar-refractivity contribution in [3.05, 3.63) is 54.1 Å². The van der Waals surface area contributed by atoms with E-state index in [-0.39, 0.29) is 24.5 Å². The maximum Gasteiger partial charge on any atom is 0.262 e. The molecule has 1 saturated heterocycles. The van der Waals surface area contributed by atoms with Gasteiger partial charge >= 0.3 is 0 Å². The zero-order chi connectivity index (χ0) is 20.1. The van der Waals surface area contributed by atoms with Gasteiger partial charge in [0, 0.05) is 30.5 Å². The SMILES string of the molecule is O=C(COc1ccccc1)Nc1ccc(N2CCCCC2)c(C(=O)NC2CC2)c1. The summed E-state index contributed by atoms with van der Waals surface area (Å²) in [5.74, 6) is 0.324. The number of hydrogen-bond donors (Lipinski definition) is 2. The summed E-state index contributed by atoms with van der Waals surface area (Å²) in [5.41, 5.74) is 2.18. The van der Waals surface area contributed by atoms with E-state index in [1.54, 1.807) is 18.2 Å². The van der Waals surface area contributed by atoms with Crippen LogP contribution in [-0.4, -0.2) is 37.6 Å². The zero-order valence-corrected chi connectivity index (χ0v) is 16.5. The highest BCUT2D eigenvalue weighted by molar-refractivity contribution is 6.02. The lowest BCUT2D eigenvalue weighted by atomic mass is 10.1. The van der Waals surface area contributed by atoms with Crippen molar-refractivity contribution in [2.24, 2.45) is 0 Å². The van der Waals surface area contributed by atoms with E-state index in [4.69, 9.17) is 4.74 Å². The molecule has 2 fully saturated rings. The van der Waals surface area contributed by atoms with Gasteiger partial charge in [0.2, 0.25) is 0 Å². The molecule has 2 amide bonds. The normalized spacial score (nSPS) is 16.2. The summed E-state index contributed by atoms with van der Waals surface area (Å²) in [4.78, 5) is 27.4. The molecule has 1 heterocycles. The Hall–Kier alpha value is -3.02. The summed E-state index contributed by atoms with van der Waals surface area (Å²) in [5, 5.41) is 5.92. The van der Waals surface area contributed by atoms with E-state index in [0.717, 1.165) is 44.5 Å². The Kier molecular flexibility index (Phi) is 5.98. The molecular formula is C23H27N3O3. The average Bonchev–Trinajstić information content (AvgIpc) is 3.57. The highest BCUT2D eigenvalue weighted by Gasteiger charge is 2.26. The van der Waals surface area contributed by atoms with E-state index >= 15 is 0 Å². The fourth-order valence-corrected chi connectivity index (χ4v) is 3.56. The Labute approximate surface area is 171 Å². The highest BCUT2D eigenvalue weighted by Crippen LogP contribution is 2.28. The second-order valence-electron chi connectivity index (χ2n) is 7.68. The predicted octanol–water partition coefficient (Wildman–Crippen LogP) is 3.59. The van der Waals surface area contributed by atoms with Crippen molar-refractivity contribution in [2.45, 2.75) is 38.1 Å². The maximum absolute atomic E-state index is 12.8. The predicted molar refractivity (Wildman–Crippen MR) is 114 cm³/mol. The number of piperidine rings is 1. The van der Waals surface area contributed by atoms with E-state index in [1.165, 1.54) is 6.42 Å². The van der Waals surface area contributed by atoms with Crippen LogP contribution in [0.25, 0.3) is 0 Å². The van der Waals surface area contributed by atoms with Crippen LogP contribution in [0.15, 0.2) is 48.5 Å². The third-order valence-electron chi connectivity index (χ3n) is 5.25. The lowest BCUT2D eigenvalue weighted by Crippen LogP contribution is -2.33. The first-order valence-electron chi connectivity index (χ1n) is 10.4. The topological polar surface area (TPSA) is 70.7 Å². The minimum Gasteiger partial charge on any atom is -0.484 e. The van der Waals surface area contributed by atoms with Crippen LogP contribution in [0.1, 0.15) is 42.5 Å². The quantitative estimate of drug-likeness (QED) is 0.754. The molecule has 1 aliphatic heterocycles. The number of hydrogen-bond acceptors (Lipinski definition) is 4. The number of anilines is 2. The molecule has 2 N–H and O–H groups in total. The van der Waals surface area contributed by atoms with Crippen LogP contribution in [0.4, 0.5) is 11.4 Å². The van der Waals surface area contributed by atoms with Crippen molar-refractivity contribution >= 4 is 23.2 Å². The van der Waals surface area contributed by atoms with Gasteiger partial charge in [0.1, 0.15) is 5.75 Å². The van der Waals surface area contributed by atoms with E-state index in [2.05, 4.69) is 15.5 Å². The van der Waals surface area contributed by atoms with Gasteiger partial charge in [-0.2, -0.15) is 0 Å². The summed E-state index contributed by atoms with van der Waals surface area (Å²) >= 11 is 0. The molecular weight excluding hydrogens is 366 g/mol. The maximum atomic E-state index is 12.8. The van der Waals surface area contributed by atoms with E-state index in [1.807, 2.05) is 30.3 Å². The molecule has 6 heteroatoms. The van der Waals surface area contributed by atoms with Gasteiger partial charge in [-0.05, 0) is 62.4 Å². The molecule has 0 radical (unpaired) electrons. The standard InChI is InChI=1S/C23H27N3O3/c27-22(16-29-19-7-3-1-4-8-19)24-18-11-12-21(26-13-5-2-6-14-26)20(15-18)23(28)25-17-9-10-17/h1,3-4,7-8,11-12,15,17H,2,5-6,9-10,13-14,16H2,(H,24,27)(H,25,28). The average molecular weight is 393 g/mol. The lowest BCUT2D eigenvalue weighted by Gasteiger charge is -2.30. The van der Waals surface area contributed by atoms with Crippen molar-refractivity contribution in [3.8, 4) is 5.75 Å².